The predicted octanol–water partition coefficient (Wildman–Crippen LogP) is 0.0181. The summed E-state index contributed by atoms with van der Waals surface area (Å²) in [7, 11) is 0.166. The average molecular weight is 239 g/mol. The van der Waals surface area contributed by atoms with Crippen molar-refractivity contribution in [3.8, 4) is 0 Å². The molecule has 0 aliphatic carbocycles. The van der Waals surface area contributed by atoms with Gasteiger partial charge in [0.15, 0.2) is 16.1 Å². The summed E-state index contributed by atoms with van der Waals surface area (Å²) in [5.74, 6) is 0.320. The predicted molar refractivity (Wildman–Crippen MR) is 59.6 cm³/mol. The van der Waals surface area contributed by atoms with Gasteiger partial charge >= 0.3 is 0 Å². The highest BCUT2D eigenvalue weighted by molar-refractivity contribution is 7.91. The van der Waals surface area contributed by atoms with Gasteiger partial charge in [-0.05, 0) is 6.92 Å². The van der Waals surface area contributed by atoms with Gasteiger partial charge in [-0.15, -0.1) is 0 Å². The van der Waals surface area contributed by atoms with Gasteiger partial charge in [0, 0.05) is 32.6 Å². The Labute approximate surface area is 92.1 Å². The van der Waals surface area contributed by atoms with Gasteiger partial charge in [-0.2, -0.15) is 0 Å². The first-order chi connectivity index (χ1) is 6.95. The lowest BCUT2D eigenvalue weighted by Crippen LogP contribution is -2.39. The fraction of sp³-hybridized carbons (Fsp3) is 1.00. The van der Waals surface area contributed by atoms with E-state index < -0.39 is 9.84 Å². The summed E-state index contributed by atoms with van der Waals surface area (Å²) in [5, 5.41) is 3.05. The third kappa shape index (κ3) is 6.83. The van der Waals surface area contributed by atoms with Crippen LogP contribution in [0.3, 0.4) is 0 Å². The molecule has 0 amide bonds. The van der Waals surface area contributed by atoms with Gasteiger partial charge in [-0.3, -0.25) is 0 Å². The first kappa shape index (κ1) is 14.8. The number of hydrogen-bond acceptors (Lipinski definition) is 5. The third-order valence-corrected chi connectivity index (χ3v) is 3.99. The zero-order valence-electron chi connectivity index (χ0n) is 9.82. The molecule has 15 heavy (non-hydrogen) atoms. The van der Waals surface area contributed by atoms with Crippen LogP contribution >= 0.6 is 0 Å². The van der Waals surface area contributed by atoms with Crippen LogP contribution < -0.4 is 5.32 Å². The van der Waals surface area contributed by atoms with E-state index in [4.69, 9.17) is 9.47 Å². The molecule has 0 heterocycles. The molecule has 0 fully saturated rings. The summed E-state index contributed by atoms with van der Waals surface area (Å²) in [4.78, 5) is 0. The van der Waals surface area contributed by atoms with Crippen LogP contribution in [0.15, 0.2) is 0 Å². The molecule has 1 unspecified atom stereocenters. The van der Waals surface area contributed by atoms with Crippen molar-refractivity contribution in [1.82, 2.24) is 5.32 Å². The largest absolute Gasteiger partial charge is 0.355 e. The molecule has 0 aliphatic rings. The van der Waals surface area contributed by atoms with Crippen molar-refractivity contribution in [2.75, 3.05) is 32.3 Å². The smallest absolute Gasteiger partial charge is 0.169 e. The van der Waals surface area contributed by atoms with Gasteiger partial charge in [0.25, 0.3) is 0 Å². The Morgan fingerprint density at radius 1 is 1.27 bits per heavy atom. The van der Waals surface area contributed by atoms with Crippen LogP contribution in [0.4, 0.5) is 0 Å². The standard InChI is InChI=1S/C9H21NO4S/c1-5-15(11,12)7-8(2)10-6-9(13-3)14-4/h8-10H,5-7H2,1-4H3. The van der Waals surface area contributed by atoms with Crippen molar-refractivity contribution in [2.45, 2.75) is 26.2 Å². The van der Waals surface area contributed by atoms with Crippen LogP contribution in [-0.4, -0.2) is 53.0 Å². The Morgan fingerprint density at radius 3 is 2.20 bits per heavy atom. The SMILES string of the molecule is CCS(=O)(=O)CC(C)NCC(OC)OC. The molecule has 1 atom stereocenters. The minimum absolute atomic E-state index is 0.0947. The normalized spacial score (nSPS) is 14.5. The van der Waals surface area contributed by atoms with Gasteiger partial charge in [0.1, 0.15) is 0 Å². The fourth-order valence-electron chi connectivity index (χ4n) is 1.12. The van der Waals surface area contributed by atoms with Crippen LogP contribution in [0.25, 0.3) is 0 Å². The summed E-state index contributed by atoms with van der Waals surface area (Å²) in [6, 6.07) is -0.0947. The van der Waals surface area contributed by atoms with E-state index in [0.29, 0.717) is 6.54 Å². The molecule has 0 radical (unpaired) electrons. The second kappa shape index (κ2) is 7.16. The van der Waals surface area contributed by atoms with Crippen molar-refractivity contribution in [2.24, 2.45) is 0 Å². The van der Waals surface area contributed by atoms with Gasteiger partial charge in [0.2, 0.25) is 0 Å². The number of hydrogen-bond donors (Lipinski definition) is 1. The molecule has 92 valence electrons. The number of rotatable bonds is 8. The molecule has 0 aromatic carbocycles. The molecule has 5 nitrogen and oxygen atoms in total. The van der Waals surface area contributed by atoms with Crippen molar-refractivity contribution in [1.29, 1.82) is 0 Å². The monoisotopic (exact) mass is 239 g/mol. The third-order valence-electron chi connectivity index (χ3n) is 2.10. The van der Waals surface area contributed by atoms with Gasteiger partial charge in [-0.1, -0.05) is 6.92 Å². The van der Waals surface area contributed by atoms with E-state index in [1.807, 2.05) is 6.92 Å². The molecule has 0 aliphatic heterocycles. The number of nitrogens with one attached hydrogen (secondary N) is 1. The quantitative estimate of drug-likeness (QED) is 0.605. The minimum Gasteiger partial charge on any atom is -0.355 e. The lowest BCUT2D eigenvalue weighted by Gasteiger charge is -2.18. The second-order valence-electron chi connectivity index (χ2n) is 3.41. The average Bonchev–Trinajstić information content (AvgIpc) is 2.19. The number of methoxy groups -OCH3 is 2. The van der Waals surface area contributed by atoms with Crippen LogP contribution in [0, 0.1) is 0 Å². The van der Waals surface area contributed by atoms with Crippen molar-refractivity contribution >= 4 is 9.84 Å². The molecule has 0 spiro atoms. The van der Waals surface area contributed by atoms with E-state index in [2.05, 4.69) is 5.32 Å². The van der Waals surface area contributed by atoms with Crippen LogP contribution in [0.2, 0.25) is 0 Å². The highest BCUT2D eigenvalue weighted by atomic mass is 32.2. The first-order valence-corrected chi connectivity index (χ1v) is 6.76. The summed E-state index contributed by atoms with van der Waals surface area (Å²) < 4.78 is 32.5. The Bertz CT molecular complexity index is 249. The highest BCUT2D eigenvalue weighted by Gasteiger charge is 2.14. The summed E-state index contributed by atoms with van der Waals surface area (Å²) in [6.07, 6.45) is -0.336. The molecule has 0 rings (SSSR count). The van der Waals surface area contributed by atoms with E-state index in [0.717, 1.165) is 0 Å². The molecular formula is C9H21NO4S. The first-order valence-electron chi connectivity index (χ1n) is 4.94. The molecule has 0 bridgehead atoms. The maximum absolute atomic E-state index is 11.3. The Kier molecular flexibility index (Phi) is 7.08. The zero-order chi connectivity index (χ0) is 11.9. The van der Waals surface area contributed by atoms with Crippen molar-refractivity contribution in [3.63, 3.8) is 0 Å². The number of sulfone groups is 1. The molecule has 0 aromatic heterocycles. The lowest BCUT2D eigenvalue weighted by molar-refractivity contribution is -0.0994. The molecule has 1 N–H and O–H groups in total. The number of ether oxygens (including phenoxy) is 2. The molecule has 0 saturated carbocycles. The minimum atomic E-state index is -2.92. The van der Waals surface area contributed by atoms with Gasteiger partial charge in [-0.25, -0.2) is 8.42 Å². The second-order valence-corrected chi connectivity index (χ2v) is 5.81. The van der Waals surface area contributed by atoms with Crippen LogP contribution in [0.1, 0.15) is 13.8 Å². The summed E-state index contributed by atoms with van der Waals surface area (Å²) in [5.41, 5.74) is 0. The van der Waals surface area contributed by atoms with E-state index in [1.54, 1.807) is 21.1 Å². The van der Waals surface area contributed by atoms with Crippen LogP contribution in [-0.2, 0) is 19.3 Å². The maximum Gasteiger partial charge on any atom is 0.169 e. The van der Waals surface area contributed by atoms with E-state index in [9.17, 15) is 8.42 Å². The van der Waals surface area contributed by atoms with E-state index >= 15 is 0 Å². The molecule has 0 aromatic rings. The Balaban J connectivity index is 3.89. The zero-order valence-corrected chi connectivity index (χ0v) is 10.6. The topological polar surface area (TPSA) is 64.6 Å². The summed E-state index contributed by atoms with van der Waals surface area (Å²) in [6.45, 7) is 3.96. The fourth-order valence-corrected chi connectivity index (χ4v) is 2.23. The van der Waals surface area contributed by atoms with Crippen LogP contribution in [0.5, 0.6) is 0 Å². The Hall–Kier alpha value is -0.170. The summed E-state index contributed by atoms with van der Waals surface area (Å²) >= 11 is 0. The van der Waals surface area contributed by atoms with E-state index in [1.165, 1.54) is 0 Å². The van der Waals surface area contributed by atoms with Crippen molar-refractivity contribution < 1.29 is 17.9 Å². The maximum atomic E-state index is 11.3. The van der Waals surface area contributed by atoms with Crippen molar-refractivity contribution in [3.05, 3.63) is 0 Å². The molecule has 0 saturated heterocycles. The van der Waals surface area contributed by atoms with E-state index in [-0.39, 0.29) is 23.8 Å². The highest BCUT2D eigenvalue weighted by Crippen LogP contribution is 1.95. The van der Waals surface area contributed by atoms with Gasteiger partial charge < -0.3 is 14.8 Å². The van der Waals surface area contributed by atoms with Gasteiger partial charge in [0.05, 0.1) is 5.75 Å². The molecule has 6 heteroatoms. The molecular weight excluding hydrogens is 218 g/mol. The lowest BCUT2D eigenvalue weighted by atomic mass is 10.4. The Morgan fingerprint density at radius 2 is 1.80 bits per heavy atom.